The van der Waals surface area contributed by atoms with Gasteiger partial charge in [0.05, 0.1) is 0 Å². The predicted molar refractivity (Wildman–Crippen MR) is 53.3 cm³/mol. The minimum Gasteiger partial charge on any atom is -0.399 e. The molecule has 0 bridgehead atoms. The summed E-state index contributed by atoms with van der Waals surface area (Å²) in [7, 11) is 0. The Kier molecular flexibility index (Phi) is 2.87. The quantitative estimate of drug-likeness (QED) is 0.623. The summed E-state index contributed by atoms with van der Waals surface area (Å²) in [5.74, 6) is 0. The van der Waals surface area contributed by atoms with Gasteiger partial charge >= 0.3 is 0 Å². The van der Waals surface area contributed by atoms with E-state index < -0.39 is 0 Å². The molecule has 0 unspecified atom stereocenters. The van der Waals surface area contributed by atoms with Crippen LogP contribution in [0, 0.1) is 0 Å². The molecule has 2 nitrogen and oxygen atoms in total. The molecule has 0 amide bonds. The summed E-state index contributed by atoms with van der Waals surface area (Å²) in [6.07, 6.45) is 1.67. The molecule has 0 atom stereocenters. The van der Waals surface area contributed by atoms with Crippen molar-refractivity contribution in [2.45, 2.75) is 13.3 Å². The topological polar surface area (TPSA) is 43.1 Å². The van der Waals surface area contributed by atoms with Crippen molar-refractivity contribution in [3.05, 3.63) is 27.7 Å². The first-order valence-electron chi connectivity index (χ1n) is 3.72. The van der Waals surface area contributed by atoms with Crippen LogP contribution in [0.15, 0.2) is 16.6 Å². The summed E-state index contributed by atoms with van der Waals surface area (Å²) in [4.78, 5) is 10.6. The highest BCUT2D eigenvalue weighted by Crippen LogP contribution is 2.23. The van der Waals surface area contributed by atoms with Crippen molar-refractivity contribution in [1.29, 1.82) is 0 Å². The van der Waals surface area contributed by atoms with Gasteiger partial charge in [-0.25, -0.2) is 0 Å². The summed E-state index contributed by atoms with van der Waals surface area (Å²) < 4.78 is 0.773. The highest BCUT2D eigenvalue weighted by molar-refractivity contribution is 9.10. The fourth-order valence-electron chi connectivity index (χ4n) is 1.12. The van der Waals surface area contributed by atoms with Gasteiger partial charge in [-0.1, -0.05) is 6.92 Å². The lowest BCUT2D eigenvalue weighted by Crippen LogP contribution is -1.95. The minimum absolute atomic E-state index is 0.685. The Bertz CT molecular complexity index is 310. The van der Waals surface area contributed by atoms with Crippen LogP contribution >= 0.6 is 15.9 Å². The molecule has 0 fully saturated rings. The highest BCUT2D eigenvalue weighted by atomic mass is 79.9. The van der Waals surface area contributed by atoms with Gasteiger partial charge in [0.2, 0.25) is 0 Å². The molecule has 0 aliphatic rings. The Morgan fingerprint density at radius 1 is 1.58 bits per heavy atom. The lowest BCUT2D eigenvalue weighted by molar-refractivity contribution is 0.112. The van der Waals surface area contributed by atoms with Gasteiger partial charge < -0.3 is 5.73 Å². The van der Waals surface area contributed by atoms with Crippen LogP contribution in [0.2, 0.25) is 0 Å². The molecular weight excluding hydrogens is 218 g/mol. The summed E-state index contributed by atoms with van der Waals surface area (Å²) in [5.41, 5.74) is 7.98. The number of carbonyl (C=O) groups excluding carboxylic acids is 1. The number of rotatable bonds is 2. The zero-order valence-electron chi connectivity index (χ0n) is 6.80. The van der Waals surface area contributed by atoms with Crippen LogP contribution in [0.25, 0.3) is 0 Å². The monoisotopic (exact) mass is 227 g/mol. The average Bonchev–Trinajstić information content (AvgIpc) is 2.03. The van der Waals surface area contributed by atoms with Gasteiger partial charge in [0.15, 0.2) is 6.29 Å². The molecule has 0 spiro atoms. The second kappa shape index (κ2) is 3.72. The Morgan fingerprint density at radius 3 is 2.75 bits per heavy atom. The normalized spacial score (nSPS) is 9.83. The Labute approximate surface area is 79.9 Å². The van der Waals surface area contributed by atoms with Crippen molar-refractivity contribution in [2.24, 2.45) is 0 Å². The third-order valence-corrected chi connectivity index (χ3v) is 2.39. The van der Waals surface area contributed by atoms with E-state index in [9.17, 15) is 4.79 Å². The van der Waals surface area contributed by atoms with E-state index in [1.54, 1.807) is 6.07 Å². The molecule has 1 aromatic carbocycles. The van der Waals surface area contributed by atoms with Crippen molar-refractivity contribution in [3.63, 3.8) is 0 Å². The van der Waals surface area contributed by atoms with E-state index >= 15 is 0 Å². The molecule has 12 heavy (non-hydrogen) atoms. The number of anilines is 1. The number of halogens is 1. The van der Waals surface area contributed by atoms with Gasteiger partial charge in [-0.3, -0.25) is 4.79 Å². The molecular formula is C9H10BrNO. The fourth-order valence-corrected chi connectivity index (χ4v) is 1.73. The third-order valence-electron chi connectivity index (χ3n) is 1.74. The van der Waals surface area contributed by atoms with Crippen LogP contribution in [0.1, 0.15) is 22.8 Å². The zero-order valence-corrected chi connectivity index (χ0v) is 8.39. The molecule has 3 heteroatoms. The van der Waals surface area contributed by atoms with Crippen LogP contribution in [-0.2, 0) is 6.42 Å². The van der Waals surface area contributed by atoms with Crippen molar-refractivity contribution in [1.82, 2.24) is 0 Å². The molecule has 1 aromatic rings. The van der Waals surface area contributed by atoms with E-state index in [1.165, 1.54) is 0 Å². The lowest BCUT2D eigenvalue weighted by atomic mass is 10.1. The van der Waals surface area contributed by atoms with Crippen LogP contribution in [0.3, 0.4) is 0 Å². The number of hydrogen-bond acceptors (Lipinski definition) is 2. The Hall–Kier alpha value is -0.830. The Balaban J connectivity index is 3.33. The molecule has 0 heterocycles. The van der Waals surface area contributed by atoms with Gasteiger partial charge in [-0.2, -0.15) is 0 Å². The van der Waals surface area contributed by atoms with Crippen LogP contribution < -0.4 is 5.73 Å². The molecule has 0 aliphatic carbocycles. The number of carbonyl (C=O) groups is 1. The molecule has 0 aromatic heterocycles. The molecule has 1 rings (SSSR count). The predicted octanol–water partition coefficient (Wildman–Crippen LogP) is 2.41. The first kappa shape index (κ1) is 9.26. The van der Waals surface area contributed by atoms with Gasteiger partial charge in [0.25, 0.3) is 0 Å². The van der Waals surface area contributed by atoms with Crippen LogP contribution in [0.5, 0.6) is 0 Å². The summed E-state index contributed by atoms with van der Waals surface area (Å²) >= 11 is 3.29. The molecule has 0 saturated carbocycles. The molecule has 2 N–H and O–H groups in total. The van der Waals surface area contributed by atoms with E-state index in [-0.39, 0.29) is 0 Å². The van der Waals surface area contributed by atoms with E-state index in [2.05, 4.69) is 15.9 Å². The van der Waals surface area contributed by atoms with E-state index in [1.807, 2.05) is 13.0 Å². The van der Waals surface area contributed by atoms with Gasteiger partial charge in [0.1, 0.15) is 0 Å². The molecule has 0 aliphatic heterocycles. The van der Waals surface area contributed by atoms with Gasteiger partial charge in [-0.15, -0.1) is 0 Å². The number of hydrogen-bond donors (Lipinski definition) is 1. The van der Waals surface area contributed by atoms with Crippen molar-refractivity contribution in [3.8, 4) is 0 Å². The fraction of sp³-hybridized carbons (Fsp3) is 0.222. The number of nitrogens with two attached hydrogens (primary N) is 1. The molecule has 64 valence electrons. The summed E-state index contributed by atoms with van der Waals surface area (Å²) in [6.45, 7) is 1.99. The molecule has 0 radical (unpaired) electrons. The zero-order chi connectivity index (χ0) is 9.14. The maximum atomic E-state index is 10.6. The maximum Gasteiger partial charge on any atom is 0.151 e. The first-order valence-corrected chi connectivity index (χ1v) is 4.51. The van der Waals surface area contributed by atoms with Crippen molar-refractivity contribution >= 4 is 27.9 Å². The van der Waals surface area contributed by atoms with E-state index in [4.69, 9.17) is 5.73 Å². The van der Waals surface area contributed by atoms with Crippen LogP contribution in [0.4, 0.5) is 5.69 Å². The summed E-state index contributed by atoms with van der Waals surface area (Å²) in [5, 5.41) is 0. The third kappa shape index (κ3) is 1.67. The maximum absolute atomic E-state index is 10.6. The molecule has 0 saturated heterocycles. The first-order chi connectivity index (χ1) is 5.69. The van der Waals surface area contributed by atoms with Gasteiger partial charge in [0, 0.05) is 15.7 Å². The summed E-state index contributed by atoms with van der Waals surface area (Å²) in [6, 6.07) is 3.57. The second-order valence-corrected chi connectivity index (χ2v) is 3.40. The number of aldehydes is 1. The van der Waals surface area contributed by atoms with Crippen LogP contribution in [-0.4, -0.2) is 6.29 Å². The van der Waals surface area contributed by atoms with Gasteiger partial charge in [-0.05, 0) is 40.0 Å². The number of aryl methyl sites for hydroxylation is 1. The standard InChI is InChI=1S/C9H10BrNO/c1-2-6-3-7(11)4-9(10)8(6)5-12/h3-5H,2,11H2,1H3. The second-order valence-electron chi connectivity index (χ2n) is 2.55. The average molecular weight is 228 g/mol. The van der Waals surface area contributed by atoms with E-state index in [0.717, 1.165) is 22.7 Å². The largest absolute Gasteiger partial charge is 0.399 e. The van der Waals surface area contributed by atoms with E-state index in [0.29, 0.717) is 11.3 Å². The minimum atomic E-state index is 0.685. The number of benzene rings is 1. The number of nitrogen functional groups attached to an aromatic ring is 1. The van der Waals surface area contributed by atoms with Crippen molar-refractivity contribution < 1.29 is 4.79 Å². The smallest absolute Gasteiger partial charge is 0.151 e. The van der Waals surface area contributed by atoms with Crippen molar-refractivity contribution in [2.75, 3.05) is 5.73 Å². The SMILES string of the molecule is CCc1cc(N)cc(Br)c1C=O. The lowest BCUT2D eigenvalue weighted by Gasteiger charge is -2.05. The highest BCUT2D eigenvalue weighted by Gasteiger charge is 2.05. The Morgan fingerprint density at radius 2 is 2.25 bits per heavy atom.